The molecule has 30 heavy (non-hydrogen) atoms. The molecule has 158 valence electrons. The lowest BCUT2D eigenvalue weighted by Crippen LogP contribution is -2.57. The zero-order valence-electron chi connectivity index (χ0n) is 16.3. The highest BCUT2D eigenvalue weighted by Crippen LogP contribution is 2.26. The lowest BCUT2D eigenvalue weighted by Gasteiger charge is -2.27. The minimum absolute atomic E-state index is 0.0143. The van der Waals surface area contributed by atoms with Crippen molar-refractivity contribution in [2.24, 2.45) is 0 Å². The lowest BCUT2D eigenvalue weighted by molar-refractivity contribution is -0.122. The summed E-state index contributed by atoms with van der Waals surface area (Å²) in [7, 11) is 0. The van der Waals surface area contributed by atoms with Crippen LogP contribution in [-0.4, -0.2) is 54.5 Å². The molecule has 0 spiro atoms. The Morgan fingerprint density at radius 3 is 2.40 bits per heavy atom. The largest absolute Gasteiger partial charge is 0.378 e. The SMILES string of the molecule is O=C(NC1(C(=O)Nc2ccc(C(=O)N3CCCC3)cc2)CCOC1)c1ccc(Br)s1. The van der Waals surface area contributed by atoms with Gasteiger partial charge in [0.25, 0.3) is 17.7 Å². The molecule has 2 aromatic rings. The summed E-state index contributed by atoms with van der Waals surface area (Å²) >= 11 is 4.65. The van der Waals surface area contributed by atoms with Crippen molar-refractivity contribution in [2.45, 2.75) is 24.8 Å². The fourth-order valence-electron chi connectivity index (χ4n) is 3.66. The highest BCUT2D eigenvalue weighted by molar-refractivity contribution is 9.11. The summed E-state index contributed by atoms with van der Waals surface area (Å²) in [4.78, 5) is 40.5. The van der Waals surface area contributed by atoms with E-state index in [0.29, 0.717) is 29.2 Å². The van der Waals surface area contributed by atoms with E-state index in [1.165, 1.54) is 11.3 Å². The van der Waals surface area contributed by atoms with Crippen molar-refractivity contribution in [3.8, 4) is 0 Å². The first-order valence-electron chi connectivity index (χ1n) is 9.83. The Morgan fingerprint density at radius 2 is 1.80 bits per heavy atom. The second-order valence-corrected chi connectivity index (χ2v) is 9.94. The Kier molecular flexibility index (Phi) is 6.21. The molecule has 2 aliphatic rings. The number of carbonyl (C=O) groups is 3. The van der Waals surface area contributed by atoms with Gasteiger partial charge in [-0.3, -0.25) is 14.4 Å². The molecule has 1 aromatic heterocycles. The van der Waals surface area contributed by atoms with Crippen LogP contribution in [0, 0.1) is 0 Å². The van der Waals surface area contributed by atoms with Crippen molar-refractivity contribution in [3.05, 3.63) is 50.6 Å². The fourth-order valence-corrected chi connectivity index (χ4v) is 4.95. The van der Waals surface area contributed by atoms with E-state index in [0.717, 1.165) is 29.7 Å². The molecule has 9 heteroatoms. The van der Waals surface area contributed by atoms with Crippen LogP contribution in [0.15, 0.2) is 40.2 Å². The molecule has 0 saturated carbocycles. The van der Waals surface area contributed by atoms with Gasteiger partial charge in [-0.2, -0.15) is 0 Å². The van der Waals surface area contributed by atoms with Gasteiger partial charge in [0.15, 0.2) is 0 Å². The first-order chi connectivity index (χ1) is 14.5. The van der Waals surface area contributed by atoms with E-state index in [1.54, 1.807) is 36.4 Å². The van der Waals surface area contributed by atoms with E-state index in [4.69, 9.17) is 4.74 Å². The third kappa shape index (κ3) is 4.43. The van der Waals surface area contributed by atoms with Gasteiger partial charge in [0.2, 0.25) is 0 Å². The summed E-state index contributed by atoms with van der Waals surface area (Å²) in [6.07, 6.45) is 2.47. The van der Waals surface area contributed by atoms with Crippen LogP contribution in [0.4, 0.5) is 5.69 Å². The van der Waals surface area contributed by atoms with Gasteiger partial charge in [0.1, 0.15) is 5.54 Å². The van der Waals surface area contributed by atoms with Gasteiger partial charge in [0, 0.05) is 37.4 Å². The molecule has 3 amide bonds. The normalized spacial score (nSPS) is 20.9. The first-order valence-corrected chi connectivity index (χ1v) is 11.4. The molecule has 1 unspecified atom stereocenters. The molecule has 0 radical (unpaired) electrons. The predicted molar refractivity (Wildman–Crippen MR) is 118 cm³/mol. The Balaban J connectivity index is 1.44. The maximum atomic E-state index is 13.0. The molecule has 2 fully saturated rings. The van der Waals surface area contributed by atoms with Crippen molar-refractivity contribution >= 4 is 50.7 Å². The van der Waals surface area contributed by atoms with Gasteiger partial charge in [0.05, 0.1) is 15.3 Å². The maximum Gasteiger partial charge on any atom is 0.262 e. The number of halogens is 1. The van der Waals surface area contributed by atoms with Crippen LogP contribution in [0.3, 0.4) is 0 Å². The molecule has 1 aromatic carbocycles. The summed E-state index contributed by atoms with van der Waals surface area (Å²) in [6, 6.07) is 10.4. The minimum atomic E-state index is -1.13. The number of nitrogens with one attached hydrogen (secondary N) is 2. The van der Waals surface area contributed by atoms with Gasteiger partial charge in [-0.15, -0.1) is 11.3 Å². The van der Waals surface area contributed by atoms with Crippen LogP contribution >= 0.6 is 27.3 Å². The Hall–Kier alpha value is -2.23. The molecule has 2 aliphatic heterocycles. The van der Waals surface area contributed by atoms with Gasteiger partial charge < -0.3 is 20.3 Å². The van der Waals surface area contributed by atoms with E-state index in [2.05, 4.69) is 26.6 Å². The molecule has 7 nitrogen and oxygen atoms in total. The van der Waals surface area contributed by atoms with E-state index in [9.17, 15) is 14.4 Å². The highest BCUT2D eigenvalue weighted by Gasteiger charge is 2.44. The fraction of sp³-hybridized carbons (Fsp3) is 0.381. The number of benzene rings is 1. The maximum absolute atomic E-state index is 13.0. The Morgan fingerprint density at radius 1 is 1.07 bits per heavy atom. The van der Waals surface area contributed by atoms with Crippen LogP contribution in [0.2, 0.25) is 0 Å². The van der Waals surface area contributed by atoms with Crippen LogP contribution in [0.25, 0.3) is 0 Å². The Bertz CT molecular complexity index is 947. The van der Waals surface area contributed by atoms with Crippen molar-refractivity contribution in [3.63, 3.8) is 0 Å². The second-order valence-electron chi connectivity index (χ2n) is 7.47. The third-order valence-electron chi connectivity index (χ3n) is 5.39. The third-order valence-corrected chi connectivity index (χ3v) is 7.01. The number of nitrogens with zero attached hydrogens (tertiary/aromatic N) is 1. The number of ether oxygens (including phenoxy) is 1. The highest BCUT2D eigenvalue weighted by atomic mass is 79.9. The number of hydrogen-bond acceptors (Lipinski definition) is 5. The number of anilines is 1. The first kappa shape index (κ1) is 21.0. The molecular formula is C21H22BrN3O4S. The van der Waals surface area contributed by atoms with Gasteiger partial charge >= 0.3 is 0 Å². The van der Waals surface area contributed by atoms with E-state index < -0.39 is 5.54 Å². The molecule has 4 rings (SSSR count). The molecular weight excluding hydrogens is 470 g/mol. The van der Waals surface area contributed by atoms with E-state index in [-0.39, 0.29) is 24.3 Å². The molecule has 0 aliphatic carbocycles. The monoisotopic (exact) mass is 491 g/mol. The minimum Gasteiger partial charge on any atom is -0.378 e. The van der Waals surface area contributed by atoms with Crippen LogP contribution in [-0.2, 0) is 9.53 Å². The lowest BCUT2D eigenvalue weighted by atomic mass is 9.97. The van der Waals surface area contributed by atoms with E-state index in [1.807, 2.05) is 4.90 Å². The van der Waals surface area contributed by atoms with Gasteiger partial charge in [-0.1, -0.05) is 0 Å². The van der Waals surface area contributed by atoms with Crippen LogP contribution < -0.4 is 10.6 Å². The van der Waals surface area contributed by atoms with E-state index >= 15 is 0 Å². The molecule has 0 bridgehead atoms. The Labute approximate surface area is 186 Å². The average molecular weight is 492 g/mol. The number of carbonyl (C=O) groups excluding carboxylic acids is 3. The summed E-state index contributed by atoms with van der Waals surface area (Å²) in [5, 5.41) is 5.72. The van der Waals surface area contributed by atoms with Crippen molar-refractivity contribution in [1.29, 1.82) is 0 Å². The van der Waals surface area contributed by atoms with Gasteiger partial charge in [-0.25, -0.2) is 0 Å². The zero-order valence-corrected chi connectivity index (χ0v) is 18.7. The standard InChI is InChI=1S/C21H22BrN3O4S/c22-17-8-7-16(30-17)18(26)24-21(9-12-29-13-21)20(28)23-15-5-3-14(4-6-15)19(27)25-10-1-2-11-25/h3-8H,1-2,9-13H2,(H,23,28)(H,24,26). The summed E-state index contributed by atoms with van der Waals surface area (Å²) < 4.78 is 6.28. The predicted octanol–water partition coefficient (Wildman–Crippen LogP) is 3.27. The quantitative estimate of drug-likeness (QED) is 0.671. The second kappa shape index (κ2) is 8.87. The summed E-state index contributed by atoms with van der Waals surface area (Å²) in [5.41, 5.74) is 0.0418. The number of hydrogen-bond donors (Lipinski definition) is 2. The number of likely N-dealkylation sites (tertiary alicyclic amines) is 1. The van der Waals surface area contributed by atoms with Crippen molar-refractivity contribution < 1.29 is 19.1 Å². The van der Waals surface area contributed by atoms with Crippen molar-refractivity contribution in [2.75, 3.05) is 31.6 Å². The number of thiophene rings is 1. The van der Waals surface area contributed by atoms with Crippen LogP contribution in [0.1, 0.15) is 39.3 Å². The summed E-state index contributed by atoms with van der Waals surface area (Å²) in [5.74, 6) is -0.624. The number of amides is 3. The molecule has 2 N–H and O–H groups in total. The topological polar surface area (TPSA) is 87.7 Å². The smallest absolute Gasteiger partial charge is 0.262 e. The molecule has 2 saturated heterocycles. The van der Waals surface area contributed by atoms with Crippen LogP contribution in [0.5, 0.6) is 0 Å². The van der Waals surface area contributed by atoms with Gasteiger partial charge in [-0.05, 0) is 65.2 Å². The zero-order chi connectivity index (χ0) is 21.1. The van der Waals surface area contributed by atoms with Crippen molar-refractivity contribution in [1.82, 2.24) is 10.2 Å². The molecule has 3 heterocycles. The summed E-state index contributed by atoms with van der Waals surface area (Å²) in [6.45, 7) is 2.09. The number of rotatable bonds is 5. The average Bonchev–Trinajstić information content (AvgIpc) is 3.50. The molecule has 1 atom stereocenters.